The summed E-state index contributed by atoms with van der Waals surface area (Å²) in [6.07, 6.45) is 37.4. The lowest BCUT2D eigenvalue weighted by atomic mass is 9.97. The second-order valence-electron chi connectivity index (χ2n) is 17.9. The Morgan fingerprint density at radius 2 is 1.01 bits per heavy atom. The van der Waals surface area contributed by atoms with Crippen LogP contribution in [0.2, 0.25) is 0 Å². The molecule has 1 amide bonds. The van der Waals surface area contributed by atoms with Crippen molar-refractivity contribution in [3.05, 3.63) is 97.2 Å². The van der Waals surface area contributed by atoms with Gasteiger partial charge in [-0.1, -0.05) is 169 Å². The molecule has 0 aromatic rings. The molecule has 0 aromatic carbocycles. The highest BCUT2D eigenvalue weighted by Gasteiger charge is 2.51. The fraction of sp³-hybridized carbons (Fsp3) is 0.691. The Morgan fingerprint density at radius 3 is 1.58 bits per heavy atom. The molecule has 14 heteroatoms. The second-order valence-corrected chi connectivity index (χ2v) is 17.9. The first kappa shape index (κ1) is 62.0. The minimum atomic E-state index is -1.80. The van der Waals surface area contributed by atoms with E-state index < -0.39 is 86.8 Å². The van der Waals surface area contributed by atoms with Crippen LogP contribution >= 0.6 is 0 Å². The van der Waals surface area contributed by atoms with E-state index in [1.807, 2.05) is 18.2 Å². The van der Waals surface area contributed by atoms with Crippen LogP contribution in [0.15, 0.2) is 97.2 Å². The van der Waals surface area contributed by atoms with Gasteiger partial charge in [0.05, 0.1) is 32.0 Å². The molecule has 0 radical (unpaired) electrons. The third kappa shape index (κ3) is 27.4. The predicted octanol–water partition coefficient (Wildman–Crippen LogP) is 7.15. The van der Waals surface area contributed by atoms with Gasteiger partial charge in [0, 0.05) is 6.42 Å². The van der Waals surface area contributed by atoms with E-state index in [0.717, 1.165) is 51.4 Å². The van der Waals surface area contributed by atoms with Crippen LogP contribution in [0.1, 0.15) is 149 Å². The number of unbranched alkanes of at least 4 members (excludes halogenated alkanes) is 11. The maximum absolute atomic E-state index is 13.1. The standard InChI is InChI=1S/C55H91NO13/c1-3-5-7-9-11-13-15-17-19-21-22-23-25-27-29-31-33-35-37-39-47(60)56-43(44(59)38-36-34-32-30-28-26-24-20-18-16-14-12-10-8-6-4-2)42-66-54-52(65)50(63)53(46(41-58)68-54)69-55-51(64)49(62)48(61)45(40-57)67-55/h5,7,11,13,17,19,22-23,27-30,33,35-36,38,43-46,48-55,57-59,61-65H,3-4,6,8-10,12,14-16,18,20-21,24-26,31-32,34,37,39-42H2,1-2H3,(H,56,60)/b7-5-,13-11-,19-17-,23-22-,29-27-,30-28+,35-33-,38-36+. The molecule has 2 aliphatic heterocycles. The van der Waals surface area contributed by atoms with Crippen molar-refractivity contribution in [2.75, 3.05) is 19.8 Å². The van der Waals surface area contributed by atoms with Crippen molar-refractivity contribution in [1.82, 2.24) is 5.32 Å². The molecule has 0 spiro atoms. The molecule has 12 atom stereocenters. The van der Waals surface area contributed by atoms with Crippen molar-refractivity contribution in [3.8, 4) is 0 Å². The Kier molecular flexibility index (Phi) is 36.4. The summed E-state index contributed by atoms with van der Waals surface area (Å²) in [7, 11) is 0. The summed E-state index contributed by atoms with van der Waals surface area (Å²) in [4.78, 5) is 13.1. The van der Waals surface area contributed by atoms with Crippen LogP contribution in [-0.4, -0.2) is 140 Å². The highest BCUT2D eigenvalue weighted by atomic mass is 16.7. The van der Waals surface area contributed by atoms with Crippen LogP contribution in [0, 0.1) is 0 Å². The summed E-state index contributed by atoms with van der Waals surface area (Å²) < 4.78 is 22.6. The van der Waals surface area contributed by atoms with Crippen molar-refractivity contribution in [2.45, 2.75) is 222 Å². The molecule has 0 bridgehead atoms. The number of hydrogen-bond donors (Lipinski definition) is 9. The molecule has 0 aromatic heterocycles. The normalized spacial score (nSPS) is 27.0. The van der Waals surface area contributed by atoms with E-state index in [2.05, 4.69) is 92.1 Å². The molecule has 394 valence electrons. The maximum atomic E-state index is 13.1. The molecule has 69 heavy (non-hydrogen) atoms. The van der Waals surface area contributed by atoms with Gasteiger partial charge in [0.25, 0.3) is 0 Å². The summed E-state index contributed by atoms with van der Waals surface area (Å²) >= 11 is 0. The van der Waals surface area contributed by atoms with Crippen molar-refractivity contribution < 1.29 is 64.6 Å². The third-order valence-corrected chi connectivity index (χ3v) is 12.0. The van der Waals surface area contributed by atoms with Gasteiger partial charge in [0.2, 0.25) is 5.91 Å². The van der Waals surface area contributed by atoms with E-state index in [-0.39, 0.29) is 18.9 Å². The molecular weight excluding hydrogens is 883 g/mol. The summed E-state index contributed by atoms with van der Waals surface area (Å²) in [6.45, 7) is 2.58. The molecule has 0 aliphatic carbocycles. The fourth-order valence-corrected chi connectivity index (χ4v) is 7.80. The number of aliphatic hydroxyl groups excluding tert-OH is 8. The molecule has 2 rings (SSSR count). The molecule has 2 fully saturated rings. The Bertz CT molecular complexity index is 1520. The SMILES string of the molecule is CC/C=C\C/C=C\C/C=C\C/C=C\C/C=C\C/C=C\CCC(=O)NC(COC1OC(CO)C(OC2OC(CO)C(O)C(O)C2O)C(O)C1O)C(O)/C=C/CC/C=C/CCCCCCCCCCCC. The molecule has 0 saturated carbocycles. The Hall–Kier alpha value is -3.09. The molecule has 14 nitrogen and oxygen atoms in total. The number of amides is 1. The van der Waals surface area contributed by atoms with Crippen LogP contribution < -0.4 is 5.32 Å². The number of aliphatic hydroxyl groups is 8. The van der Waals surface area contributed by atoms with Crippen molar-refractivity contribution in [2.24, 2.45) is 0 Å². The van der Waals surface area contributed by atoms with E-state index in [9.17, 15) is 45.6 Å². The summed E-state index contributed by atoms with van der Waals surface area (Å²) in [5.74, 6) is -0.336. The summed E-state index contributed by atoms with van der Waals surface area (Å²) in [5, 5.41) is 86.7. The first-order chi connectivity index (χ1) is 33.6. The van der Waals surface area contributed by atoms with Gasteiger partial charge in [-0.15, -0.1) is 0 Å². The lowest BCUT2D eigenvalue weighted by Gasteiger charge is -2.46. The summed E-state index contributed by atoms with van der Waals surface area (Å²) in [6, 6.07) is -0.977. The molecule has 12 unspecified atom stereocenters. The zero-order valence-electron chi connectivity index (χ0n) is 41.8. The number of ether oxygens (including phenoxy) is 4. The van der Waals surface area contributed by atoms with E-state index in [0.29, 0.717) is 12.8 Å². The van der Waals surface area contributed by atoms with Gasteiger partial charge in [0.15, 0.2) is 12.6 Å². The number of nitrogens with one attached hydrogen (secondary N) is 1. The molecular formula is C55H91NO13. The van der Waals surface area contributed by atoms with Gasteiger partial charge >= 0.3 is 0 Å². The van der Waals surface area contributed by atoms with Crippen LogP contribution in [0.25, 0.3) is 0 Å². The van der Waals surface area contributed by atoms with Crippen molar-refractivity contribution in [3.63, 3.8) is 0 Å². The van der Waals surface area contributed by atoms with E-state index in [1.165, 1.54) is 64.2 Å². The largest absolute Gasteiger partial charge is 0.394 e. The zero-order valence-corrected chi connectivity index (χ0v) is 41.8. The van der Waals surface area contributed by atoms with Gasteiger partial charge in [-0.2, -0.15) is 0 Å². The Labute approximate surface area is 413 Å². The minimum absolute atomic E-state index is 0.143. The van der Waals surface area contributed by atoms with Gasteiger partial charge in [-0.3, -0.25) is 4.79 Å². The highest BCUT2D eigenvalue weighted by Crippen LogP contribution is 2.30. The van der Waals surface area contributed by atoms with Crippen molar-refractivity contribution in [1.29, 1.82) is 0 Å². The zero-order chi connectivity index (χ0) is 50.3. The molecule has 2 aliphatic rings. The Balaban J connectivity index is 1.90. The first-order valence-electron chi connectivity index (χ1n) is 26.0. The second kappa shape index (κ2) is 40.5. The van der Waals surface area contributed by atoms with Crippen LogP contribution in [-0.2, 0) is 23.7 Å². The van der Waals surface area contributed by atoms with E-state index in [4.69, 9.17) is 18.9 Å². The molecule has 9 N–H and O–H groups in total. The minimum Gasteiger partial charge on any atom is -0.394 e. The fourth-order valence-electron chi connectivity index (χ4n) is 7.80. The van der Waals surface area contributed by atoms with Crippen LogP contribution in [0.5, 0.6) is 0 Å². The van der Waals surface area contributed by atoms with Crippen LogP contribution in [0.4, 0.5) is 0 Å². The molecule has 2 heterocycles. The number of rotatable bonds is 38. The highest BCUT2D eigenvalue weighted by molar-refractivity contribution is 5.76. The van der Waals surface area contributed by atoms with E-state index >= 15 is 0 Å². The van der Waals surface area contributed by atoms with Gasteiger partial charge in [-0.25, -0.2) is 0 Å². The number of hydrogen-bond acceptors (Lipinski definition) is 13. The quantitative estimate of drug-likeness (QED) is 0.0222. The van der Waals surface area contributed by atoms with Gasteiger partial charge in [-0.05, 0) is 70.6 Å². The number of carbonyl (C=O) groups excluding carboxylic acids is 1. The maximum Gasteiger partial charge on any atom is 0.220 e. The van der Waals surface area contributed by atoms with E-state index in [1.54, 1.807) is 6.08 Å². The average molecular weight is 974 g/mol. The number of allylic oxidation sites excluding steroid dienone is 15. The van der Waals surface area contributed by atoms with Crippen molar-refractivity contribution >= 4 is 5.91 Å². The number of carbonyl (C=O) groups is 1. The van der Waals surface area contributed by atoms with Gasteiger partial charge < -0.3 is 65.1 Å². The predicted molar refractivity (Wildman–Crippen MR) is 272 cm³/mol. The smallest absolute Gasteiger partial charge is 0.220 e. The molecule has 2 saturated heterocycles. The lowest BCUT2D eigenvalue weighted by molar-refractivity contribution is -0.359. The summed E-state index contributed by atoms with van der Waals surface area (Å²) in [5.41, 5.74) is 0. The first-order valence-corrected chi connectivity index (χ1v) is 26.0. The third-order valence-electron chi connectivity index (χ3n) is 12.0. The van der Waals surface area contributed by atoms with Gasteiger partial charge in [0.1, 0.15) is 48.8 Å². The Morgan fingerprint density at radius 1 is 0.536 bits per heavy atom. The lowest BCUT2D eigenvalue weighted by Crippen LogP contribution is -2.65. The monoisotopic (exact) mass is 974 g/mol. The van der Waals surface area contributed by atoms with Crippen LogP contribution in [0.3, 0.4) is 0 Å². The topological polar surface area (TPSA) is 228 Å². The average Bonchev–Trinajstić information content (AvgIpc) is 3.35.